The van der Waals surface area contributed by atoms with Gasteiger partial charge in [-0.3, -0.25) is 9.69 Å². The summed E-state index contributed by atoms with van der Waals surface area (Å²) in [5.74, 6) is 0.106. The number of hydrogen-bond acceptors (Lipinski definition) is 3. The van der Waals surface area contributed by atoms with Crippen LogP contribution >= 0.6 is 0 Å². The molecular formula is C13H29N3O. The predicted molar refractivity (Wildman–Crippen MR) is 72.8 cm³/mol. The highest BCUT2D eigenvalue weighted by Crippen LogP contribution is 2.14. The molecule has 0 aliphatic heterocycles. The molecule has 0 spiro atoms. The third-order valence-corrected chi connectivity index (χ3v) is 3.04. The molecule has 0 rings (SSSR count). The summed E-state index contributed by atoms with van der Waals surface area (Å²) < 4.78 is 0. The van der Waals surface area contributed by atoms with Crippen LogP contribution in [0.5, 0.6) is 0 Å². The second-order valence-corrected chi connectivity index (χ2v) is 5.55. The molecule has 0 aromatic heterocycles. The van der Waals surface area contributed by atoms with Crippen LogP contribution in [0.3, 0.4) is 0 Å². The summed E-state index contributed by atoms with van der Waals surface area (Å²) >= 11 is 0. The molecule has 0 fully saturated rings. The molecule has 0 saturated heterocycles. The largest absolute Gasteiger partial charge is 0.353 e. The van der Waals surface area contributed by atoms with E-state index in [0.717, 1.165) is 19.5 Å². The fourth-order valence-electron chi connectivity index (χ4n) is 1.58. The Hall–Kier alpha value is -0.610. The quantitative estimate of drug-likeness (QED) is 0.673. The van der Waals surface area contributed by atoms with Gasteiger partial charge in [0, 0.05) is 12.6 Å². The average molecular weight is 243 g/mol. The highest BCUT2D eigenvalue weighted by atomic mass is 16.2. The van der Waals surface area contributed by atoms with Gasteiger partial charge in [0.15, 0.2) is 0 Å². The zero-order valence-electron chi connectivity index (χ0n) is 12.0. The van der Waals surface area contributed by atoms with Crippen molar-refractivity contribution in [1.82, 2.24) is 10.2 Å². The van der Waals surface area contributed by atoms with Crippen LogP contribution < -0.4 is 11.1 Å². The SMILES string of the molecule is CCC(C)NC(=O)CN(CC)CC(C)(C)CN. The molecule has 0 aromatic carbocycles. The van der Waals surface area contributed by atoms with Crippen molar-refractivity contribution in [3.63, 3.8) is 0 Å². The van der Waals surface area contributed by atoms with Gasteiger partial charge in [-0.1, -0.05) is 27.7 Å². The van der Waals surface area contributed by atoms with Crippen LogP contribution in [0.15, 0.2) is 0 Å². The number of hydrogen-bond donors (Lipinski definition) is 2. The molecule has 0 heterocycles. The molecule has 4 heteroatoms. The molecule has 4 nitrogen and oxygen atoms in total. The Labute approximate surface area is 106 Å². The Bertz CT molecular complexity index is 229. The van der Waals surface area contributed by atoms with Crippen molar-refractivity contribution < 1.29 is 4.79 Å². The van der Waals surface area contributed by atoms with E-state index in [4.69, 9.17) is 5.73 Å². The number of nitrogens with one attached hydrogen (secondary N) is 1. The predicted octanol–water partition coefficient (Wildman–Crippen LogP) is 1.21. The Kier molecular flexibility index (Phi) is 7.39. The molecular weight excluding hydrogens is 214 g/mol. The van der Waals surface area contributed by atoms with Gasteiger partial charge in [0.05, 0.1) is 6.54 Å². The highest BCUT2D eigenvalue weighted by molar-refractivity contribution is 5.78. The average Bonchev–Trinajstić information content (AvgIpc) is 2.27. The van der Waals surface area contributed by atoms with E-state index in [0.29, 0.717) is 13.1 Å². The maximum atomic E-state index is 11.8. The Balaban J connectivity index is 4.17. The van der Waals surface area contributed by atoms with Gasteiger partial charge in [0.2, 0.25) is 5.91 Å². The number of amides is 1. The first-order valence-corrected chi connectivity index (χ1v) is 6.56. The zero-order valence-corrected chi connectivity index (χ0v) is 12.0. The van der Waals surface area contributed by atoms with Crippen LogP contribution in [0, 0.1) is 5.41 Å². The minimum atomic E-state index is 0.0622. The van der Waals surface area contributed by atoms with Gasteiger partial charge in [0.25, 0.3) is 0 Å². The first kappa shape index (κ1) is 16.4. The first-order valence-electron chi connectivity index (χ1n) is 6.56. The van der Waals surface area contributed by atoms with E-state index in [9.17, 15) is 4.79 Å². The zero-order chi connectivity index (χ0) is 13.5. The lowest BCUT2D eigenvalue weighted by atomic mass is 9.93. The highest BCUT2D eigenvalue weighted by Gasteiger charge is 2.21. The van der Waals surface area contributed by atoms with E-state index in [1.54, 1.807) is 0 Å². The lowest BCUT2D eigenvalue weighted by molar-refractivity contribution is -0.123. The maximum absolute atomic E-state index is 11.8. The van der Waals surface area contributed by atoms with Crippen molar-refractivity contribution >= 4 is 5.91 Å². The van der Waals surface area contributed by atoms with Gasteiger partial charge in [-0.25, -0.2) is 0 Å². The lowest BCUT2D eigenvalue weighted by Gasteiger charge is -2.30. The molecule has 0 radical (unpaired) electrons. The number of rotatable bonds is 8. The molecule has 1 atom stereocenters. The van der Waals surface area contributed by atoms with Gasteiger partial charge in [-0.05, 0) is 31.8 Å². The van der Waals surface area contributed by atoms with Crippen LogP contribution in [-0.2, 0) is 4.79 Å². The summed E-state index contributed by atoms with van der Waals surface area (Å²) in [6.07, 6.45) is 0.964. The summed E-state index contributed by atoms with van der Waals surface area (Å²) in [7, 11) is 0. The maximum Gasteiger partial charge on any atom is 0.234 e. The summed E-state index contributed by atoms with van der Waals surface area (Å²) in [5.41, 5.74) is 5.78. The standard InChI is InChI=1S/C13H29N3O/c1-6-11(3)15-12(17)8-16(7-2)10-13(4,5)9-14/h11H,6-10,14H2,1-5H3,(H,15,17). The molecule has 1 unspecified atom stereocenters. The van der Waals surface area contributed by atoms with Crippen LogP contribution in [0.4, 0.5) is 0 Å². The lowest BCUT2D eigenvalue weighted by Crippen LogP contribution is -2.45. The summed E-state index contributed by atoms with van der Waals surface area (Å²) in [6, 6.07) is 0.253. The van der Waals surface area contributed by atoms with Crippen molar-refractivity contribution in [3.05, 3.63) is 0 Å². The van der Waals surface area contributed by atoms with E-state index in [-0.39, 0.29) is 17.4 Å². The minimum absolute atomic E-state index is 0.0622. The molecule has 3 N–H and O–H groups in total. The van der Waals surface area contributed by atoms with Crippen LogP contribution in [-0.4, -0.2) is 43.0 Å². The van der Waals surface area contributed by atoms with Crippen molar-refractivity contribution in [1.29, 1.82) is 0 Å². The second kappa shape index (κ2) is 7.67. The normalized spacial score (nSPS) is 13.8. The smallest absolute Gasteiger partial charge is 0.234 e. The fraction of sp³-hybridized carbons (Fsp3) is 0.923. The second-order valence-electron chi connectivity index (χ2n) is 5.55. The van der Waals surface area contributed by atoms with E-state index in [2.05, 4.69) is 37.9 Å². The number of nitrogens with zero attached hydrogens (tertiary/aromatic N) is 1. The Morgan fingerprint density at radius 2 is 2.00 bits per heavy atom. The van der Waals surface area contributed by atoms with E-state index >= 15 is 0 Å². The number of likely N-dealkylation sites (N-methyl/N-ethyl adjacent to an activating group) is 1. The molecule has 0 bridgehead atoms. The van der Waals surface area contributed by atoms with Gasteiger partial charge < -0.3 is 11.1 Å². The number of carbonyl (C=O) groups excluding carboxylic acids is 1. The van der Waals surface area contributed by atoms with E-state index in [1.807, 2.05) is 6.92 Å². The van der Waals surface area contributed by atoms with Crippen molar-refractivity contribution in [2.75, 3.05) is 26.2 Å². The van der Waals surface area contributed by atoms with Crippen molar-refractivity contribution in [2.24, 2.45) is 11.1 Å². The van der Waals surface area contributed by atoms with Gasteiger partial charge in [-0.2, -0.15) is 0 Å². The monoisotopic (exact) mass is 243 g/mol. The third kappa shape index (κ3) is 7.34. The number of nitrogens with two attached hydrogens (primary N) is 1. The molecule has 102 valence electrons. The van der Waals surface area contributed by atoms with Crippen LogP contribution in [0.1, 0.15) is 41.0 Å². The first-order chi connectivity index (χ1) is 7.84. The summed E-state index contributed by atoms with van der Waals surface area (Å²) in [5, 5.41) is 2.99. The molecule has 0 aliphatic rings. The van der Waals surface area contributed by atoms with Crippen molar-refractivity contribution in [3.8, 4) is 0 Å². The van der Waals surface area contributed by atoms with Crippen molar-refractivity contribution in [2.45, 2.75) is 47.1 Å². The minimum Gasteiger partial charge on any atom is -0.353 e. The topological polar surface area (TPSA) is 58.4 Å². The van der Waals surface area contributed by atoms with Crippen LogP contribution in [0.25, 0.3) is 0 Å². The van der Waals surface area contributed by atoms with Gasteiger partial charge in [-0.15, -0.1) is 0 Å². The van der Waals surface area contributed by atoms with E-state index in [1.165, 1.54) is 0 Å². The van der Waals surface area contributed by atoms with Gasteiger partial charge in [0.1, 0.15) is 0 Å². The summed E-state index contributed by atoms with van der Waals surface area (Å²) in [4.78, 5) is 13.9. The van der Waals surface area contributed by atoms with Crippen LogP contribution in [0.2, 0.25) is 0 Å². The number of carbonyl (C=O) groups is 1. The Morgan fingerprint density at radius 1 is 1.41 bits per heavy atom. The molecule has 0 aromatic rings. The van der Waals surface area contributed by atoms with Gasteiger partial charge >= 0.3 is 0 Å². The Morgan fingerprint density at radius 3 is 2.41 bits per heavy atom. The molecule has 0 aliphatic carbocycles. The molecule has 0 saturated carbocycles. The summed E-state index contributed by atoms with van der Waals surface area (Å²) in [6.45, 7) is 13.2. The van der Waals surface area contributed by atoms with E-state index < -0.39 is 0 Å². The fourth-order valence-corrected chi connectivity index (χ4v) is 1.58. The molecule has 17 heavy (non-hydrogen) atoms. The third-order valence-electron chi connectivity index (χ3n) is 3.04. The molecule has 1 amide bonds.